The molecule has 0 aliphatic carbocycles. The zero-order valence-electron chi connectivity index (χ0n) is 10.4. The zero-order valence-corrected chi connectivity index (χ0v) is 10.4. The minimum atomic E-state index is -0.213. The van der Waals surface area contributed by atoms with Crippen LogP contribution < -0.4 is 10.6 Å². The summed E-state index contributed by atoms with van der Waals surface area (Å²) in [5.41, 5.74) is 1.04. The summed E-state index contributed by atoms with van der Waals surface area (Å²) < 4.78 is 0. The number of carbonyl (C=O) groups is 1. The number of nitrogens with one attached hydrogen (secondary N) is 2. The predicted molar refractivity (Wildman–Crippen MR) is 67.7 cm³/mol. The highest BCUT2D eigenvalue weighted by Crippen LogP contribution is 2.09. The highest BCUT2D eigenvalue weighted by Gasteiger charge is 2.10. The molecule has 1 amide bonds. The Kier molecular flexibility index (Phi) is 5.49. The smallest absolute Gasteiger partial charge is 0.236 e. The number of amides is 1. The van der Waals surface area contributed by atoms with Gasteiger partial charge in [-0.2, -0.15) is 0 Å². The molecule has 1 atom stereocenters. The van der Waals surface area contributed by atoms with Crippen LogP contribution in [-0.4, -0.2) is 23.6 Å². The summed E-state index contributed by atoms with van der Waals surface area (Å²) in [4.78, 5) is 11.6. The Morgan fingerprint density at radius 3 is 2.59 bits per heavy atom. The number of phenolic OH excluding ortho intramolecular Hbond substituents is 1. The van der Waals surface area contributed by atoms with Crippen LogP contribution in [-0.2, 0) is 11.3 Å². The molecular weight excluding hydrogens is 216 g/mol. The lowest BCUT2D eigenvalue weighted by molar-refractivity contribution is -0.122. The van der Waals surface area contributed by atoms with Gasteiger partial charge in [-0.1, -0.05) is 19.1 Å². The highest BCUT2D eigenvalue weighted by molar-refractivity contribution is 5.81. The van der Waals surface area contributed by atoms with Crippen LogP contribution >= 0.6 is 0 Å². The summed E-state index contributed by atoms with van der Waals surface area (Å²) in [6.45, 7) is 5.19. The highest BCUT2D eigenvalue weighted by atomic mass is 16.3. The van der Waals surface area contributed by atoms with Crippen molar-refractivity contribution in [1.82, 2.24) is 10.6 Å². The summed E-state index contributed by atoms with van der Waals surface area (Å²) in [5, 5.41) is 15.1. The van der Waals surface area contributed by atoms with Crippen molar-refractivity contribution in [2.75, 3.05) is 6.54 Å². The molecule has 4 nitrogen and oxygen atoms in total. The number of hydrogen-bond acceptors (Lipinski definition) is 3. The van der Waals surface area contributed by atoms with E-state index in [-0.39, 0.29) is 17.7 Å². The normalized spacial score (nSPS) is 12.1. The third-order valence-electron chi connectivity index (χ3n) is 2.49. The lowest BCUT2D eigenvalue weighted by atomic mass is 10.2. The molecule has 94 valence electrons. The lowest BCUT2D eigenvalue weighted by Gasteiger charge is -2.13. The molecule has 0 saturated heterocycles. The van der Waals surface area contributed by atoms with Crippen LogP contribution in [0.4, 0.5) is 0 Å². The zero-order chi connectivity index (χ0) is 12.7. The monoisotopic (exact) mass is 236 g/mol. The van der Waals surface area contributed by atoms with Crippen molar-refractivity contribution in [3.63, 3.8) is 0 Å². The van der Waals surface area contributed by atoms with Gasteiger partial charge in [-0.3, -0.25) is 4.79 Å². The molecule has 0 aliphatic rings. The number of benzene rings is 1. The van der Waals surface area contributed by atoms with Gasteiger partial charge in [-0.05, 0) is 31.0 Å². The fraction of sp³-hybridized carbons (Fsp3) is 0.462. The second-order valence-corrected chi connectivity index (χ2v) is 4.06. The van der Waals surface area contributed by atoms with Gasteiger partial charge in [0, 0.05) is 13.1 Å². The Balaban J connectivity index is 2.34. The number of carbonyl (C=O) groups excluding carboxylic acids is 1. The van der Waals surface area contributed by atoms with Crippen LogP contribution in [0.3, 0.4) is 0 Å². The molecule has 4 heteroatoms. The Morgan fingerprint density at radius 1 is 1.35 bits per heavy atom. The molecule has 1 rings (SSSR count). The summed E-state index contributed by atoms with van der Waals surface area (Å²) in [6.07, 6.45) is 0.941. The van der Waals surface area contributed by atoms with E-state index in [1.807, 2.05) is 26.0 Å². The van der Waals surface area contributed by atoms with Gasteiger partial charge in [-0.25, -0.2) is 0 Å². The molecule has 1 aromatic carbocycles. The van der Waals surface area contributed by atoms with Gasteiger partial charge >= 0.3 is 0 Å². The second kappa shape index (κ2) is 6.91. The molecule has 0 aliphatic heterocycles. The van der Waals surface area contributed by atoms with Gasteiger partial charge in [0.2, 0.25) is 5.91 Å². The molecule has 0 radical (unpaired) electrons. The van der Waals surface area contributed by atoms with E-state index in [9.17, 15) is 4.79 Å². The minimum Gasteiger partial charge on any atom is -0.508 e. The van der Waals surface area contributed by atoms with E-state index in [2.05, 4.69) is 10.6 Å². The first kappa shape index (κ1) is 13.5. The molecule has 3 N–H and O–H groups in total. The summed E-state index contributed by atoms with van der Waals surface area (Å²) in [6, 6.07) is 6.73. The molecular formula is C13H20N2O2. The number of aromatic hydroxyl groups is 1. The third kappa shape index (κ3) is 4.87. The van der Waals surface area contributed by atoms with Crippen LogP contribution in [0.25, 0.3) is 0 Å². The summed E-state index contributed by atoms with van der Waals surface area (Å²) in [5.74, 6) is 0.271. The molecule has 1 aromatic rings. The number of rotatable bonds is 6. The Hall–Kier alpha value is -1.55. The minimum absolute atomic E-state index is 0.0191. The van der Waals surface area contributed by atoms with Crippen LogP contribution in [0.1, 0.15) is 25.8 Å². The van der Waals surface area contributed by atoms with Crippen molar-refractivity contribution in [2.24, 2.45) is 0 Å². The van der Waals surface area contributed by atoms with Gasteiger partial charge in [0.1, 0.15) is 5.75 Å². The summed E-state index contributed by atoms with van der Waals surface area (Å²) in [7, 11) is 0. The standard InChI is InChI=1S/C13H20N2O2/c1-3-8-14-13(17)10(2)15-9-11-4-6-12(16)7-5-11/h4-7,10,15-16H,3,8-9H2,1-2H3,(H,14,17). The van der Waals surface area contributed by atoms with E-state index in [0.717, 1.165) is 12.0 Å². The van der Waals surface area contributed by atoms with Gasteiger partial charge in [0.15, 0.2) is 0 Å². The van der Waals surface area contributed by atoms with Crippen molar-refractivity contribution < 1.29 is 9.90 Å². The first-order chi connectivity index (χ1) is 8.13. The van der Waals surface area contributed by atoms with Crippen LogP contribution in [0.15, 0.2) is 24.3 Å². The van der Waals surface area contributed by atoms with E-state index in [1.54, 1.807) is 12.1 Å². The molecule has 17 heavy (non-hydrogen) atoms. The molecule has 0 spiro atoms. The Bertz CT molecular complexity index is 349. The van der Waals surface area contributed by atoms with Crippen LogP contribution in [0, 0.1) is 0 Å². The van der Waals surface area contributed by atoms with Gasteiger partial charge in [0.05, 0.1) is 6.04 Å². The van der Waals surface area contributed by atoms with E-state index < -0.39 is 0 Å². The molecule has 0 aromatic heterocycles. The van der Waals surface area contributed by atoms with Crippen molar-refractivity contribution in [1.29, 1.82) is 0 Å². The quantitative estimate of drug-likeness (QED) is 0.699. The van der Waals surface area contributed by atoms with Crippen molar-refractivity contribution in [3.05, 3.63) is 29.8 Å². The SMILES string of the molecule is CCCNC(=O)C(C)NCc1ccc(O)cc1. The molecule has 0 fully saturated rings. The molecule has 0 heterocycles. The van der Waals surface area contributed by atoms with Crippen molar-refractivity contribution in [3.8, 4) is 5.75 Å². The third-order valence-corrected chi connectivity index (χ3v) is 2.49. The first-order valence-corrected chi connectivity index (χ1v) is 5.92. The largest absolute Gasteiger partial charge is 0.508 e. The van der Waals surface area contributed by atoms with E-state index in [1.165, 1.54) is 0 Å². The van der Waals surface area contributed by atoms with Crippen LogP contribution in [0.5, 0.6) is 5.75 Å². The topological polar surface area (TPSA) is 61.4 Å². The molecule has 0 bridgehead atoms. The predicted octanol–water partition coefficient (Wildman–Crippen LogP) is 1.40. The fourth-order valence-electron chi connectivity index (χ4n) is 1.38. The maximum absolute atomic E-state index is 11.6. The second-order valence-electron chi connectivity index (χ2n) is 4.06. The summed E-state index contributed by atoms with van der Waals surface area (Å²) >= 11 is 0. The number of phenols is 1. The van der Waals surface area contributed by atoms with E-state index >= 15 is 0 Å². The maximum atomic E-state index is 11.6. The fourth-order valence-corrected chi connectivity index (χ4v) is 1.38. The molecule has 0 saturated carbocycles. The van der Waals surface area contributed by atoms with Crippen molar-refractivity contribution >= 4 is 5.91 Å². The maximum Gasteiger partial charge on any atom is 0.236 e. The average Bonchev–Trinajstić information content (AvgIpc) is 2.34. The van der Waals surface area contributed by atoms with Gasteiger partial charge in [0.25, 0.3) is 0 Å². The van der Waals surface area contributed by atoms with Crippen molar-refractivity contribution in [2.45, 2.75) is 32.9 Å². The van der Waals surface area contributed by atoms with E-state index in [4.69, 9.17) is 5.11 Å². The van der Waals surface area contributed by atoms with Gasteiger partial charge in [-0.15, -0.1) is 0 Å². The lowest BCUT2D eigenvalue weighted by Crippen LogP contribution is -2.42. The Labute approximate surface area is 102 Å². The van der Waals surface area contributed by atoms with Crippen LogP contribution in [0.2, 0.25) is 0 Å². The average molecular weight is 236 g/mol. The first-order valence-electron chi connectivity index (χ1n) is 5.92. The number of hydrogen-bond donors (Lipinski definition) is 3. The Morgan fingerprint density at radius 2 is 2.00 bits per heavy atom. The van der Waals surface area contributed by atoms with E-state index in [0.29, 0.717) is 13.1 Å². The molecule has 1 unspecified atom stereocenters. The van der Waals surface area contributed by atoms with Gasteiger partial charge < -0.3 is 15.7 Å².